The molecular formula is C15H24N4O4S. The second kappa shape index (κ2) is 7.10. The van der Waals surface area contributed by atoms with Crippen LogP contribution in [0.1, 0.15) is 30.9 Å². The molecule has 2 aliphatic heterocycles. The molecule has 8 nitrogen and oxygen atoms in total. The van der Waals surface area contributed by atoms with E-state index < -0.39 is 15.9 Å². The summed E-state index contributed by atoms with van der Waals surface area (Å²) in [5.41, 5.74) is 0.741. The summed E-state index contributed by atoms with van der Waals surface area (Å²) < 4.78 is 31.3. The first-order valence-electron chi connectivity index (χ1n) is 8.30. The number of aromatic nitrogens is 2. The summed E-state index contributed by atoms with van der Waals surface area (Å²) in [4.78, 5) is 14.2. The third-order valence-corrected chi connectivity index (χ3v) is 6.18. The molecule has 2 saturated heterocycles. The number of hydrogen-bond acceptors (Lipinski definition) is 5. The van der Waals surface area contributed by atoms with E-state index in [1.807, 2.05) is 0 Å². The summed E-state index contributed by atoms with van der Waals surface area (Å²) in [6, 6.07) is -0.738. The highest BCUT2D eigenvalue weighted by atomic mass is 32.2. The molecule has 0 aliphatic carbocycles. The van der Waals surface area contributed by atoms with Gasteiger partial charge in [-0.15, -0.1) is 0 Å². The fourth-order valence-corrected chi connectivity index (χ4v) is 4.70. The second-order valence-electron chi connectivity index (χ2n) is 6.45. The Kier molecular flexibility index (Phi) is 5.09. The molecule has 134 valence electrons. The van der Waals surface area contributed by atoms with Crippen LogP contribution in [0.15, 0.2) is 12.4 Å². The van der Waals surface area contributed by atoms with Crippen LogP contribution in [0.25, 0.3) is 0 Å². The third-order valence-electron chi connectivity index (χ3n) is 4.56. The summed E-state index contributed by atoms with van der Waals surface area (Å²) in [7, 11) is -1.39. The molecule has 24 heavy (non-hydrogen) atoms. The highest BCUT2D eigenvalue weighted by molar-refractivity contribution is 7.91. The molecule has 0 spiro atoms. The maximum Gasteiger partial charge on any atom is 0.318 e. The minimum Gasteiger partial charge on any atom is -0.376 e. The van der Waals surface area contributed by atoms with E-state index in [1.54, 1.807) is 29.0 Å². The predicted molar refractivity (Wildman–Crippen MR) is 88.3 cm³/mol. The van der Waals surface area contributed by atoms with Gasteiger partial charge in [-0.25, -0.2) is 13.2 Å². The number of hydrogen-bond donors (Lipinski definition) is 1. The van der Waals surface area contributed by atoms with Gasteiger partial charge in [-0.3, -0.25) is 4.68 Å². The minimum absolute atomic E-state index is 0.00287. The number of nitrogens with zero attached hydrogens (tertiary/aromatic N) is 3. The molecule has 1 N–H and O–H groups in total. The standard InChI is InChI=1S/C15H24N4O4S/c1-18-10-12(8-17-18)14-11-24(21,22)7-5-19(14)15(20)16-9-13-4-2-3-6-23-13/h8,10,13-14H,2-7,9,11H2,1H3,(H,16,20)/t13-,14+/m0/s1. The zero-order valence-electron chi connectivity index (χ0n) is 13.8. The molecule has 2 fully saturated rings. The lowest BCUT2D eigenvalue weighted by Crippen LogP contribution is -2.51. The zero-order chi connectivity index (χ0) is 17.2. The van der Waals surface area contributed by atoms with Crippen LogP contribution in [-0.4, -0.2) is 66.4 Å². The van der Waals surface area contributed by atoms with E-state index in [0.717, 1.165) is 31.4 Å². The summed E-state index contributed by atoms with van der Waals surface area (Å²) >= 11 is 0. The number of aryl methyl sites for hydroxylation is 1. The Morgan fingerprint density at radius 1 is 1.46 bits per heavy atom. The number of sulfone groups is 1. The fourth-order valence-electron chi connectivity index (χ4n) is 3.21. The van der Waals surface area contributed by atoms with Gasteiger partial charge in [-0.1, -0.05) is 0 Å². The quantitative estimate of drug-likeness (QED) is 0.850. The van der Waals surface area contributed by atoms with Crippen LogP contribution >= 0.6 is 0 Å². The van der Waals surface area contributed by atoms with Crippen molar-refractivity contribution in [2.24, 2.45) is 7.05 Å². The smallest absolute Gasteiger partial charge is 0.318 e. The van der Waals surface area contributed by atoms with Gasteiger partial charge in [0.15, 0.2) is 9.84 Å². The van der Waals surface area contributed by atoms with Gasteiger partial charge in [0, 0.05) is 38.5 Å². The molecule has 2 atom stereocenters. The number of nitrogens with one attached hydrogen (secondary N) is 1. The van der Waals surface area contributed by atoms with Gasteiger partial charge in [0.05, 0.1) is 29.8 Å². The van der Waals surface area contributed by atoms with Crippen molar-refractivity contribution in [3.63, 3.8) is 0 Å². The molecule has 9 heteroatoms. The van der Waals surface area contributed by atoms with Crippen LogP contribution in [0.3, 0.4) is 0 Å². The average Bonchev–Trinajstić information content (AvgIpc) is 2.99. The van der Waals surface area contributed by atoms with Crippen molar-refractivity contribution in [1.29, 1.82) is 0 Å². The Morgan fingerprint density at radius 3 is 2.96 bits per heavy atom. The average molecular weight is 356 g/mol. The molecule has 3 rings (SSSR count). The monoisotopic (exact) mass is 356 g/mol. The molecule has 0 unspecified atom stereocenters. The maximum absolute atomic E-state index is 12.6. The molecule has 2 aliphatic rings. The number of urea groups is 1. The molecule has 1 aromatic rings. The fraction of sp³-hybridized carbons (Fsp3) is 0.733. The van der Waals surface area contributed by atoms with Crippen molar-refractivity contribution in [2.75, 3.05) is 31.2 Å². The SMILES string of the molecule is Cn1cc([C@H]2CS(=O)(=O)CCN2C(=O)NC[C@@H]2CCCCO2)cn1. The normalized spacial score (nSPS) is 27.0. The van der Waals surface area contributed by atoms with E-state index >= 15 is 0 Å². The van der Waals surface area contributed by atoms with Crippen LogP contribution in [0.2, 0.25) is 0 Å². The predicted octanol–water partition coefficient (Wildman–Crippen LogP) is 0.470. The van der Waals surface area contributed by atoms with Crippen LogP contribution in [-0.2, 0) is 21.6 Å². The van der Waals surface area contributed by atoms with E-state index in [1.165, 1.54) is 0 Å². The van der Waals surface area contributed by atoms with Gasteiger partial charge in [0.25, 0.3) is 0 Å². The van der Waals surface area contributed by atoms with Crippen molar-refractivity contribution >= 4 is 15.9 Å². The van der Waals surface area contributed by atoms with Crippen molar-refractivity contribution < 1.29 is 17.9 Å². The van der Waals surface area contributed by atoms with Gasteiger partial charge in [0.1, 0.15) is 0 Å². The Hall–Kier alpha value is -1.61. The molecule has 0 aromatic carbocycles. The highest BCUT2D eigenvalue weighted by Crippen LogP contribution is 2.26. The van der Waals surface area contributed by atoms with Gasteiger partial charge in [0.2, 0.25) is 0 Å². The van der Waals surface area contributed by atoms with E-state index in [9.17, 15) is 13.2 Å². The lowest BCUT2D eigenvalue weighted by molar-refractivity contribution is 0.0175. The van der Waals surface area contributed by atoms with Crippen LogP contribution in [0, 0.1) is 0 Å². The van der Waals surface area contributed by atoms with Crippen LogP contribution < -0.4 is 5.32 Å². The third kappa shape index (κ3) is 4.07. The van der Waals surface area contributed by atoms with Gasteiger partial charge in [-0.05, 0) is 19.3 Å². The molecule has 1 aromatic heterocycles. The van der Waals surface area contributed by atoms with Crippen LogP contribution in [0.4, 0.5) is 4.79 Å². The van der Waals surface area contributed by atoms with Gasteiger partial charge in [-0.2, -0.15) is 5.10 Å². The van der Waals surface area contributed by atoms with E-state index in [-0.39, 0.29) is 30.2 Å². The summed E-state index contributed by atoms with van der Waals surface area (Å²) in [5.74, 6) is -0.0663. The van der Waals surface area contributed by atoms with E-state index in [0.29, 0.717) is 6.54 Å². The Balaban J connectivity index is 1.67. The molecule has 0 bridgehead atoms. The second-order valence-corrected chi connectivity index (χ2v) is 8.67. The largest absolute Gasteiger partial charge is 0.376 e. The minimum atomic E-state index is -3.16. The molecule has 0 saturated carbocycles. The Morgan fingerprint density at radius 2 is 2.29 bits per heavy atom. The van der Waals surface area contributed by atoms with Crippen molar-refractivity contribution in [3.8, 4) is 0 Å². The first-order chi connectivity index (χ1) is 11.4. The maximum atomic E-state index is 12.6. The molecule has 0 radical (unpaired) electrons. The first-order valence-corrected chi connectivity index (χ1v) is 10.1. The number of ether oxygens (including phenoxy) is 1. The van der Waals surface area contributed by atoms with Crippen molar-refractivity contribution in [2.45, 2.75) is 31.4 Å². The Bertz CT molecular complexity index is 681. The van der Waals surface area contributed by atoms with Crippen LogP contribution in [0.5, 0.6) is 0 Å². The number of rotatable bonds is 3. The Labute approximate surface area is 142 Å². The molecule has 3 heterocycles. The summed E-state index contributed by atoms with van der Waals surface area (Å²) in [6.07, 6.45) is 6.55. The highest BCUT2D eigenvalue weighted by Gasteiger charge is 2.36. The van der Waals surface area contributed by atoms with E-state index in [2.05, 4.69) is 10.4 Å². The zero-order valence-corrected chi connectivity index (χ0v) is 14.7. The topological polar surface area (TPSA) is 93.5 Å². The summed E-state index contributed by atoms with van der Waals surface area (Å²) in [5, 5.41) is 6.99. The number of carbonyl (C=O) groups is 1. The van der Waals surface area contributed by atoms with Crippen molar-refractivity contribution in [1.82, 2.24) is 20.0 Å². The first kappa shape index (κ1) is 17.2. The number of carbonyl (C=O) groups excluding carboxylic acids is 1. The number of amides is 2. The van der Waals surface area contributed by atoms with Crippen molar-refractivity contribution in [3.05, 3.63) is 18.0 Å². The molecular weight excluding hydrogens is 332 g/mol. The lowest BCUT2D eigenvalue weighted by Gasteiger charge is -2.35. The molecule has 2 amide bonds. The van der Waals surface area contributed by atoms with Gasteiger partial charge < -0.3 is 15.0 Å². The van der Waals surface area contributed by atoms with Gasteiger partial charge >= 0.3 is 6.03 Å². The van der Waals surface area contributed by atoms with E-state index in [4.69, 9.17) is 4.74 Å². The summed E-state index contributed by atoms with van der Waals surface area (Å²) in [6.45, 7) is 1.39. The lowest BCUT2D eigenvalue weighted by atomic mass is 10.1.